The maximum absolute atomic E-state index is 11.1. The van der Waals surface area contributed by atoms with Crippen LogP contribution in [0.5, 0.6) is 17.4 Å². The lowest BCUT2D eigenvalue weighted by Crippen LogP contribution is -2.24. The summed E-state index contributed by atoms with van der Waals surface area (Å²) < 4.78 is 11.5. The summed E-state index contributed by atoms with van der Waals surface area (Å²) in [4.78, 5) is 18.8. The van der Waals surface area contributed by atoms with Gasteiger partial charge in [0.15, 0.2) is 11.5 Å². The molecular weight excluding hydrogens is 272 g/mol. The van der Waals surface area contributed by atoms with E-state index in [1.54, 1.807) is 6.07 Å². The van der Waals surface area contributed by atoms with E-state index in [0.29, 0.717) is 11.5 Å². The van der Waals surface area contributed by atoms with Gasteiger partial charge in [0.05, 0.1) is 0 Å². The highest BCUT2D eigenvalue weighted by Crippen LogP contribution is 2.43. The molecular formula is C15H14N2O4. The summed E-state index contributed by atoms with van der Waals surface area (Å²) in [6, 6.07) is 5.53. The van der Waals surface area contributed by atoms with E-state index in [1.807, 2.05) is 26.0 Å². The van der Waals surface area contributed by atoms with Gasteiger partial charge in [-0.05, 0) is 19.9 Å². The molecule has 0 fully saturated rings. The summed E-state index contributed by atoms with van der Waals surface area (Å²) in [5, 5.41) is 9.11. The van der Waals surface area contributed by atoms with Crippen molar-refractivity contribution in [1.29, 1.82) is 0 Å². The fourth-order valence-electron chi connectivity index (χ4n) is 2.32. The van der Waals surface area contributed by atoms with Gasteiger partial charge in [0.1, 0.15) is 5.60 Å². The molecule has 1 aromatic heterocycles. The van der Waals surface area contributed by atoms with E-state index < -0.39 is 5.97 Å². The minimum Gasteiger partial charge on any atom is -0.483 e. The molecule has 3 rings (SSSR count). The molecule has 6 nitrogen and oxygen atoms in total. The van der Waals surface area contributed by atoms with E-state index in [2.05, 4.69) is 9.97 Å². The standard InChI is InChI=1S/C15H14N2O4/c1-15(2)8-9-4-3-5-10(12(9)21-15)20-13-11(14(18)19)16-6-7-17-13/h3-7H,8H2,1-2H3,(H,18,19). The molecule has 2 heterocycles. The van der Waals surface area contributed by atoms with E-state index in [1.165, 1.54) is 12.4 Å². The fourth-order valence-corrected chi connectivity index (χ4v) is 2.32. The van der Waals surface area contributed by atoms with Crippen molar-refractivity contribution in [2.24, 2.45) is 0 Å². The van der Waals surface area contributed by atoms with Crippen molar-refractivity contribution < 1.29 is 19.4 Å². The SMILES string of the molecule is CC1(C)Cc2cccc(Oc3nccnc3C(=O)O)c2O1. The van der Waals surface area contributed by atoms with Gasteiger partial charge in [0, 0.05) is 24.4 Å². The van der Waals surface area contributed by atoms with E-state index in [4.69, 9.17) is 14.6 Å². The maximum Gasteiger partial charge on any atom is 0.360 e. The molecule has 21 heavy (non-hydrogen) atoms. The normalized spacial score (nSPS) is 15.1. The molecule has 0 amide bonds. The lowest BCUT2D eigenvalue weighted by molar-refractivity contribution is 0.0686. The zero-order chi connectivity index (χ0) is 15.0. The van der Waals surface area contributed by atoms with Gasteiger partial charge in [0.2, 0.25) is 5.69 Å². The molecule has 1 N–H and O–H groups in total. The second kappa shape index (κ2) is 4.73. The largest absolute Gasteiger partial charge is 0.483 e. The monoisotopic (exact) mass is 286 g/mol. The number of carbonyl (C=O) groups is 1. The van der Waals surface area contributed by atoms with Crippen LogP contribution in [0.25, 0.3) is 0 Å². The number of para-hydroxylation sites is 1. The minimum absolute atomic E-state index is 0.0493. The van der Waals surface area contributed by atoms with Crippen molar-refractivity contribution in [3.8, 4) is 17.4 Å². The predicted octanol–water partition coefficient (Wildman–Crippen LogP) is 2.68. The van der Waals surface area contributed by atoms with Crippen LogP contribution < -0.4 is 9.47 Å². The molecule has 0 radical (unpaired) electrons. The molecule has 0 aliphatic carbocycles. The molecule has 0 bridgehead atoms. The Morgan fingerprint density at radius 1 is 1.33 bits per heavy atom. The molecule has 1 aliphatic heterocycles. The molecule has 1 aliphatic rings. The Kier molecular flexibility index (Phi) is 3.01. The van der Waals surface area contributed by atoms with Crippen LogP contribution in [0.3, 0.4) is 0 Å². The van der Waals surface area contributed by atoms with Gasteiger partial charge in [-0.15, -0.1) is 0 Å². The van der Waals surface area contributed by atoms with E-state index >= 15 is 0 Å². The molecule has 1 aromatic carbocycles. The highest BCUT2D eigenvalue weighted by Gasteiger charge is 2.32. The van der Waals surface area contributed by atoms with Crippen LogP contribution in [0.1, 0.15) is 29.9 Å². The molecule has 0 atom stereocenters. The van der Waals surface area contributed by atoms with Crippen LogP contribution in [0, 0.1) is 0 Å². The number of fused-ring (bicyclic) bond motifs is 1. The maximum atomic E-state index is 11.1. The smallest absolute Gasteiger partial charge is 0.360 e. The number of carboxylic acids is 1. The summed E-state index contributed by atoms with van der Waals surface area (Å²) >= 11 is 0. The number of benzene rings is 1. The highest BCUT2D eigenvalue weighted by molar-refractivity contribution is 5.87. The van der Waals surface area contributed by atoms with E-state index in [-0.39, 0.29) is 17.2 Å². The van der Waals surface area contributed by atoms with Crippen molar-refractivity contribution in [2.45, 2.75) is 25.9 Å². The fraction of sp³-hybridized carbons (Fsp3) is 0.267. The van der Waals surface area contributed by atoms with Gasteiger partial charge in [-0.3, -0.25) is 0 Å². The lowest BCUT2D eigenvalue weighted by Gasteiger charge is -2.18. The number of rotatable bonds is 3. The van der Waals surface area contributed by atoms with Crippen molar-refractivity contribution in [2.75, 3.05) is 0 Å². The van der Waals surface area contributed by atoms with Crippen LogP contribution in [0.4, 0.5) is 0 Å². The highest BCUT2D eigenvalue weighted by atomic mass is 16.5. The van der Waals surface area contributed by atoms with E-state index in [9.17, 15) is 4.79 Å². The number of hydrogen-bond acceptors (Lipinski definition) is 5. The number of hydrogen-bond donors (Lipinski definition) is 1. The second-order valence-corrected chi connectivity index (χ2v) is 5.40. The van der Waals surface area contributed by atoms with Crippen molar-refractivity contribution in [3.63, 3.8) is 0 Å². The first-order valence-corrected chi connectivity index (χ1v) is 6.49. The minimum atomic E-state index is -1.19. The zero-order valence-electron chi connectivity index (χ0n) is 11.7. The Hall–Kier alpha value is -2.63. The van der Waals surface area contributed by atoms with Crippen molar-refractivity contribution in [1.82, 2.24) is 9.97 Å². The number of aromatic carboxylic acids is 1. The Morgan fingerprint density at radius 3 is 2.86 bits per heavy atom. The Morgan fingerprint density at radius 2 is 2.10 bits per heavy atom. The first kappa shape index (κ1) is 13.4. The molecule has 0 saturated carbocycles. The van der Waals surface area contributed by atoms with Crippen LogP contribution in [0.2, 0.25) is 0 Å². The van der Waals surface area contributed by atoms with Crippen LogP contribution in [-0.4, -0.2) is 26.6 Å². The topological polar surface area (TPSA) is 81.5 Å². The number of ether oxygens (including phenoxy) is 2. The van der Waals surface area contributed by atoms with Gasteiger partial charge < -0.3 is 14.6 Å². The van der Waals surface area contributed by atoms with E-state index in [0.717, 1.165) is 12.0 Å². The second-order valence-electron chi connectivity index (χ2n) is 5.40. The van der Waals surface area contributed by atoms with Crippen LogP contribution in [-0.2, 0) is 6.42 Å². The van der Waals surface area contributed by atoms with Gasteiger partial charge in [-0.2, -0.15) is 0 Å². The van der Waals surface area contributed by atoms with Gasteiger partial charge in [-0.25, -0.2) is 14.8 Å². The Labute approximate surface area is 121 Å². The molecule has 2 aromatic rings. The third kappa shape index (κ3) is 2.52. The van der Waals surface area contributed by atoms with Gasteiger partial charge in [0.25, 0.3) is 5.88 Å². The average molecular weight is 286 g/mol. The zero-order valence-corrected chi connectivity index (χ0v) is 11.7. The summed E-state index contributed by atoms with van der Waals surface area (Å²) in [6.45, 7) is 3.98. The molecule has 0 spiro atoms. The average Bonchev–Trinajstić information content (AvgIpc) is 2.74. The summed E-state index contributed by atoms with van der Waals surface area (Å²) in [5.41, 5.74) is 0.491. The van der Waals surface area contributed by atoms with Crippen molar-refractivity contribution >= 4 is 5.97 Å². The molecule has 108 valence electrons. The third-order valence-electron chi connectivity index (χ3n) is 3.13. The van der Waals surface area contributed by atoms with Crippen LogP contribution >= 0.6 is 0 Å². The number of nitrogens with zero attached hydrogens (tertiary/aromatic N) is 2. The first-order valence-electron chi connectivity index (χ1n) is 6.49. The summed E-state index contributed by atoms with van der Waals surface area (Å²) in [7, 11) is 0. The first-order chi connectivity index (χ1) is 9.96. The van der Waals surface area contributed by atoms with Gasteiger partial charge >= 0.3 is 5.97 Å². The molecule has 0 unspecified atom stereocenters. The number of aromatic nitrogens is 2. The predicted molar refractivity (Wildman–Crippen MR) is 73.9 cm³/mol. The third-order valence-corrected chi connectivity index (χ3v) is 3.13. The summed E-state index contributed by atoms with van der Waals surface area (Å²) in [5.74, 6) is -0.163. The number of carboxylic acid groups (broad SMARTS) is 1. The summed E-state index contributed by atoms with van der Waals surface area (Å²) in [6.07, 6.45) is 3.47. The Balaban J connectivity index is 1.98. The van der Waals surface area contributed by atoms with Gasteiger partial charge in [-0.1, -0.05) is 12.1 Å². The quantitative estimate of drug-likeness (QED) is 0.934. The molecule has 0 saturated heterocycles. The van der Waals surface area contributed by atoms with Crippen LogP contribution in [0.15, 0.2) is 30.6 Å². The van der Waals surface area contributed by atoms with Crippen molar-refractivity contribution in [3.05, 3.63) is 41.9 Å². The Bertz CT molecular complexity index is 713. The molecule has 6 heteroatoms. The lowest BCUT2D eigenvalue weighted by atomic mass is 10.0.